The zero-order valence-corrected chi connectivity index (χ0v) is 18.3. The van der Waals surface area contributed by atoms with Gasteiger partial charge < -0.3 is 9.72 Å². The van der Waals surface area contributed by atoms with E-state index in [0.717, 1.165) is 27.9 Å². The molecular formula is C27H21N7. The summed E-state index contributed by atoms with van der Waals surface area (Å²) in [4.78, 5) is 22.5. The third-order valence-electron chi connectivity index (χ3n) is 5.94. The molecule has 5 aromatic heterocycles. The van der Waals surface area contributed by atoms with Gasteiger partial charge in [0, 0.05) is 66.8 Å². The van der Waals surface area contributed by atoms with Crippen molar-refractivity contribution >= 4 is 22.4 Å². The molecule has 5 heterocycles. The van der Waals surface area contributed by atoms with Gasteiger partial charge in [0.2, 0.25) is 0 Å². The van der Waals surface area contributed by atoms with E-state index in [1.807, 2.05) is 78.0 Å². The number of hydrogen-bond acceptors (Lipinski definition) is 6. The number of nitrogens with one attached hydrogen (secondary N) is 1. The number of aromatic nitrogens is 6. The van der Waals surface area contributed by atoms with Crippen LogP contribution in [-0.2, 0) is 0 Å². The van der Waals surface area contributed by atoms with Gasteiger partial charge in [-0.25, -0.2) is 15.0 Å². The van der Waals surface area contributed by atoms with Crippen LogP contribution in [0.4, 0.5) is 5.82 Å². The van der Waals surface area contributed by atoms with Crippen molar-refractivity contribution in [3.05, 3.63) is 115 Å². The Morgan fingerprint density at radius 1 is 0.765 bits per heavy atom. The van der Waals surface area contributed by atoms with Gasteiger partial charge in [-0.3, -0.25) is 9.97 Å². The highest BCUT2D eigenvalue weighted by molar-refractivity contribution is 5.90. The second kappa shape index (κ2) is 8.71. The van der Waals surface area contributed by atoms with Gasteiger partial charge in [-0.1, -0.05) is 12.1 Å². The molecule has 164 valence electrons. The minimum absolute atomic E-state index is 0.116. The van der Waals surface area contributed by atoms with Crippen molar-refractivity contribution < 1.29 is 0 Å². The van der Waals surface area contributed by atoms with Crippen LogP contribution in [0.2, 0.25) is 0 Å². The summed E-state index contributed by atoms with van der Waals surface area (Å²) >= 11 is 0. The average Bonchev–Trinajstić information content (AvgIpc) is 3.38. The van der Waals surface area contributed by atoms with Crippen molar-refractivity contribution in [1.29, 1.82) is 0 Å². The monoisotopic (exact) mass is 443 g/mol. The Bertz CT molecular complexity index is 1520. The Morgan fingerprint density at radius 2 is 1.50 bits per heavy atom. The van der Waals surface area contributed by atoms with Gasteiger partial charge in [0.05, 0.1) is 5.52 Å². The van der Waals surface area contributed by atoms with E-state index >= 15 is 0 Å². The molecule has 0 unspecified atom stereocenters. The summed E-state index contributed by atoms with van der Waals surface area (Å²) in [6.45, 7) is 0.662. The van der Waals surface area contributed by atoms with Crippen molar-refractivity contribution in [3.63, 3.8) is 0 Å². The van der Waals surface area contributed by atoms with E-state index in [0.29, 0.717) is 12.4 Å². The fourth-order valence-corrected chi connectivity index (χ4v) is 4.21. The topological polar surface area (TPSA) is 80.9 Å². The molecule has 0 atom stereocenters. The maximum absolute atomic E-state index is 4.94. The number of pyridine rings is 3. The number of fused-ring (bicyclic) bond motifs is 2. The van der Waals surface area contributed by atoms with Gasteiger partial charge in [0.25, 0.3) is 0 Å². The number of imidazole rings is 1. The smallest absolute Gasteiger partial charge is 0.163 e. The molecule has 0 amide bonds. The van der Waals surface area contributed by atoms with Crippen LogP contribution in [0.3, 0.4) is 0 Å². The maximum atomic E-state index is 4.94. The van der Waals surface area contributed by atoms with Crippen molar-refractivity contribution in [3.8, 4) is 11.4 Å². The van der Waals surface area contributed by atoms with E-state index in [1.165, 1.54) is 11.1 Å². The van der Waals surface area contributed by atoms with E-state index in [4.69, 9.17) is 9.97 Å². The van der Waals surface area contributed by atoms with Crippen LogP contribution in [0, 0.1) is 0 Å². The minimum Gasteiger partial charge on any atom is -0.368 e. The number of anilines is 1. The molecule has 0 spiro atoms. The van der Waals surface area contributed by atoms with Crippen LogP contribution in [0.25, 0.3) is 27.9 Å². The van der Waals surface area contributed by atoms with Crippen LogP contribution < -0.4 is 5.32 Å². The van der Waals surface area contributed by atoms with Gasteiger partial charge in [-0.05, 0) is 59.7 Å². The molecule has 0 saturated heterocycles. The molecule has 6 aromatic rings. The predicted molar refractivity (Wildman–Crippen MR) is 133 cm³/mol. The predicted octanol–water partition coefficient (Wildman–Crippen LogP) is 4.98. The summed E-state index contributed by atoms with van der Waals surface area (Å²) in [6, 6.07) is 20.3. The fourth-order valence-electron chi connectivity index (χ4n) is 4.21. The lowest BCUT2D eigenvalue weighted by Crippen LogP contribution is -2.15. The van der Waals surface area contributed by atoms with Crippen molar-refractivity contribution in [2.24, 2.45) is 0 Å². The summed E-state index contributed by atoms with van der Waals surface area (Å²) < 4.78 is 1.98. The molecule has 1 N–H and O–H groups in total. The Hall–Kier alpha value is -4.65. The molecule has 0 aliphatic heterocycles. The zero-order valence-electron chi connectivity index (χ0n) is 18.3. The Balaban J connectivity index is 1.40. The SMILES string of the molecule is c1ccc2c(NCC(c3ccncc3)c3ccncc3)nc(-c3ccc4nccn4c3)nc2c1. The molecule has 1 aromatic carbocycles. The lowest BCUT2D eigenvalue weighted by atomic mass is 9.92. The Kier molecular flexibility index (Phi) is 5.12. The normalized spacial score (nSPS) is 11.3. The molecule has 0 radical (unpaired) electrons. The van der Waals surface area contributed by atoms with Gasteiger partial charge in [-0.2, -0.15) is 0 Å². The van der Waals surface area contributed by atoms with Gasteiger partial charge in [0.15, 0.2) is 5.82 Å². The first-order valence-corrected chi connectivity index (χ1v) is 11.1. The lowest BCUT2D eigenvalue weighted by molar-refractivity contribution is 0.844. The number of rotatable bonds is 6. The van der Waals surface area contributed by atoms with Gasteiger partial charge >= 0.3 is 0 Å². The summed E-state index contributed by atoms with van der Waals surface area (Å²) in [5, 5.41) is 4.60. The largest absolute Gasteiger partial charge is 0.368 e. The van der Waals surface area contributed by atoms with Gasteiger partial charge in [0.1, 0.15) is 11.5 Å². The third-order valence-corrected chi connectivity index (χ3v) is 5.94. The third kappa shape index (κ3) is 3.84. The van der Waals surface area contributed by atoms with Crippen LogP contribution in [-0.4, -0.2) is 35.9 Å². The summed E-state index contributed by atoms with van der Waals surface area (Å²) in [7, 11) is 0. The van der Waals surface area contributed by atoms with Crippen LogP contribution >= 0.6 is 0 Å². The summed E-state index contributed by atoms with van der Waals surface area (Å²) in [5.41, 5.74) is 5.07. The molecule has 34 heavy (non-hydrogen) atoms. The zero-order chi connectivity index (χ0) is 22.7. The second-order valence-electron chi connectivity index (χ2n) is 8.02. The van der Waals surface area contributed by atoms with Crippen molar-refractivity contribution in [2.45, 2.75) is 5.92 Å². The first kappa shape index (κ1) is 20.0. The lowest BCUT2D eigenvalue weighted by Gasteiger charge is -2.20. The highest BCUT2D eigenvalue weighted by Gasteiger charge is 2.16. The molecule has 0 aliphatic carbocycles. The van der Waals surface area contributed by atoms with E-state index in [1.54, 1.807) is 6.20 Å². The van der Waals surface area contributed by atoms with Crippen LogP contribution in [0.1, 0.15) is 17.0 Å². The second-order valence-corrected chi connectivity index (χ2v) is 8.02. The van der Waals surface area contributed by atoms with E-state index in [9.17, 15) is 0 Å². The maximum Gasteiger partial charge on any atom is 0.163 e. The number of hydrogen-bond donors (Lipinski definition) is 1. The molecule has 0 aliphatic rings. The highest BCUT2D eigenvalue weighted by atomic mass is 15.0. The summed E-state index contributed by atoms with van der Waals surface area (Å²) in [5.74, 6) is 1.59. The first-order valence-electron chi connectivity index (χ1n) is 11.1. The Labute approximate surface area is 196 Å². The molecule has 0 bridgehead atoms. The number of benzene rings is 1. The molecular weight excluding hydrogens is 422 g/mol. The van der Waals surface area contributed by atoms with E-state index < -0.39 is 0 Å². The molecule has 7 heteroatoms. The summed E-state index contributed by atoms with van der Waals surface area (Å²) in [6.07, 6.45) is 13.0. The van der Waals surface area contributed by atoms with Crippen molar-refractivity contribution in [1.82, 2.24) is 29.3 Å². The standard InChI is InChI=1S/C27H21N7/c1-2-4-24-22(3-1)27(33-26(32-24)21-5-6-25-30-15-16-34(25)18-21)31-17-23(19-7-11-28-12-8-19)20-9-13-29-14-10-20/h1-16,18,23H,17H2,(H,31,32,33). The minimum atomic E-state index is 0.116. The fraction of sp³-hybridized carbons (Fsp3) is 0.0741. The molecule has 7 nitrogen and oxygen atoms in total. The Morgan fingerprint density at radius 3 is 2.26 bits per heavy atom. The van der Waals surface area contributed by atoms with Crippen LogP contribution in [0.5, 0.6) is 0 Å². The molecule has 0 fully saturated rings. The number of para-hydroxylation sites is 1. The highest BCUT2D eigenvalue weighted by Crippen LogP contribution is 2.28. The quantitative estimate of drug-likeness (QED) is 0.391. The van der Waals surface area contributed by atoms with E-state index in [2.05, 4.69) is 44.5 Å². The number of nitrogens with zero attached hydrogens (tertiary/aromatic N) is 6. The van der Waals surface area contributed by atoms with E-state index in [-0.39, 0.29) is 5.92 Å². The molecule has 0 saturated carbocycles. The van der Waals surface area contributed by atoms with Crippen molar-refractivity contribution in [2.75, 3.05) is 11.9 Å². The average molecular weight is 444 g/mol. The van der Waals surface area contributed by atoms with Gasteiger partial charge in [-0.15, -0.1) is 0 Å². The molecule has 6 rings (SSSR count). The first-order chi connectivity index (χ1) is 16.8. The van der Waals surface area contributed by atoms with Crippen LogP contribution in [0.15, 0.2) is 104 Å².